The molecule has 1 N–H and O–H groups in total. The molecule has 180 valence electrons. The molecule has 2 heterocycles. The minimum absolute atomic E-state index is 0.0779. The van der Waals surface area contributed by atoms with E-state index in [0.29, 0.717) is 18.7 Å². The fraction of sp³-hybridized carbons (Fsp3) is 0.800. The number of hydrogen-bond acceptors (Lipinski definition) is 6. The number of hydrogen-bond donors (Lipinski definition) is 1. The molecule has 0 bridgehead atoms. The molecule has 32 heavy (non-hydrogen) atoms. The van der Waals surface area contributed by atoms with Crippen LogP contribution in [0.2, 0.25) is 0 Å². The number of anilines is 1. The standard InChI is InChI=1S/C25H43N5O2/c1-19-17-30(23-16-22(11-15-32-5)27-24(28-23)25(2,3)4)14-13-29(19)12-10-20-6-8-21(9-7-20)26-18-31/h16,18-21H,6-15,17H2,1-5H3,(H,26,31). The van der Waals surface area contributed by atoms with Crippen molar-refractivity contribution in [3.8, 4) is 0 Å². The number of carbonyl (C=O) groups is 1. The van der Waals surface area contributed by atoms with Gasteiger partial charge in [0.05, 0.1) is 6.61 Å². The lowest BCUT2D eigenvalue weighted by Gasteiger charge is -2.41. The van der Waals surface area contributed by atoms with E-state index in [1.54, 1.807) is 7.11 Å². The highest BCUT2D eigenvalue weighted by Gasteiger charge is 2.28. The van der Waals surface area contributed by atoms with Crippen LogP contribution in [0.1, 0.15) is 71.3 Å². The third-order valence-electron chi connectivity index (χ3n) is 7.06. The van der Waals surface area contributed by atoms with Gasteiger partial charge in [0.2, 0.25) is 6.41 Å². The summed E-state index contributed by atoms with van der Waals surface area (Å²) in [6.07, 6.45) is 7.66. The SMILES string of the molecule is COCCc1cc(N2CCN(CCC3CCC(NC=O)CC3)C(C)C2)nc(C(C)(C)C)n1. The summed E-state index contributed by atoms with van der Waals surface area (Å²) in [5.41, 5.74) is 0.988. The molecular weight excluding hydrogens is 402 g/mol. The molecule has 1 unspecified atom stereocenters. The predicted octanol–water partition coefficient (Wildman–Crippen LogP) is 3.17. The first kappa shape index (κ1) is 24.9. The average molecular weight is 446 g/mol. The Morgan fingerprint density at radius 1 is 1.19 bits per heavy atom. The Hall–Kier alpha value is -1.73. The van der Waals surface area contributed by atoms with Gasteiger partial charge in [0, 0.05) is 62.4 Å². The summed E-state index contributed by atoms with van der Waals surface area (Å²) in [4.78, 5) is 25.5. The highest BCUT2D eigenvalue weighted by atomic mass is 16.5. The third kappa shape index (κ3) is 6.88. The van der Waals surface area contributed by atoms with Crippen molar-refractivity contribution in [1.82, 2.24) is 20.2 Å². The molecule has 0 radical (unpaired) electrons. The van der Waals surface area contributed by atoms with Gasteiger partial charge in [-0.2, -0.15) is 0 Å². The summed E-state index contributed by atoms with van der Waals surface area (Å²) in [6, 6.07) is 3.06. The number of rotatable bonds is 9. The number of nitrogens with one attached hydrogen (secondary N) is 1. The van der Waals surface area contributed by atoms with E-state index >= 15 is 0 Å². The maximum atomic E-state index is 10.6. The fourth-order valence-corrected chi connectivity index (χ4v) is 4.91. The maximum Gasteiger partial charge on any atom is 0.207 e. The van der Waals surface area contributed by atoms with Gasteiger partial charge in [0.1, 0.15) is 11.6 Å². The second kappa shape index (κ2) is 11.4. The summed E-state index contributed by atoms with van der Waals surface area (Å²) < 4.78 is 5.28. The van der Waals surface area contributed by atoms with Crippen LogP contribution in [-0.2, 0) is 21.4 Å². The van der Waals surface area contributed by atoms with Gasteiger partial charge in [0.25, 0.3) is 0 Å². The zero-order chi connectivity index (χ0) is 23.1. The predicted molar refractivity (Wildman–Crippen MR) is 129 cm³/mol. The number of aromatic nitrogens is 2. The molecule has 1 saturated heterocycles. The molecule has 0 spiro atoms. The molecular formula is C25H43N5O2. The van der Waals surface area contributed by atoms with Crippen LogP contribution < -0.4 is 10.2 Å². The second-order valence-corrected chi connectivity index (χ2v) is 10.7. The Morgan fingerprint density at radius 3 is 2.56 bits per heavy atom. The number of piperazine rings is 1. The van der Waals surface area contributed by atoms with Gasteiger partial charge in [-0.3, -0.25) is 9.69 Å². The van der Waals surface area contributed by atoms with Crippen LogP contribution in [0, 0.1) is 5.92 Å². The van der Waals surface area contributed by atoms with Crippen LogP contribution in [0.15, 0.2) is 6.07 Å². The first-order chi connectivity index (χ1) is 15.3. The highest BCUT2D eigenvalue weighted by molar-refractivity contribution is 5.46. The summed E-state index contributed by atoms with van der Waals surface area (Å²) in [7, 11) is 1.74. The molecule has 1 aromatic heterocycles. The van der Waals surface area contributed by atoms with Crippen molar-refractivity contribution in [2.75, 3.05) is 44.8 Å². The van der Waals surface area contributed by atoms with E-state index in [2.05, 4.69) is 48.9 Å². The zero-order valence-corrected chi connectivity index (χ0v) is 20.8. The van der Waals surface area contributed by atoms with Gasteiger partial charge in [-0.25, -0.2) is 9.97 Å². The number of methoxy groups -OCH3 is 1. The van der Waals surface area contributed by atoms with E-state index < -0.39 is 0 Å². The topological polar surface area (TPSA) is 70.6 Å². The normalized spacial score (nSPS) is 25.0. The molecule has 1 aromatic rings. The molecule has 1 aliphatic carbocycles. The number of amides is 1. The Labute approximate surface area is 194 Å². The van der Waals surface area contributed by atoms with E-state index in [0.717, 1.165) is 68.6 Å². The minimum Gasteiger partial charge on any atom is -0.384 e. The van der Waals surface area contributed by atoms with E-state index in [1.165, 1.54) is 25.8 Å². The molecule has 1 atom stereocenters. The lowest BCUT2D eigenvalue weighted by atomic mass is 9.84. The largest absolute Gasteiger partial charge is 0.384 e. The van der Waals surface area contributed by atoms with Crippen LogP contribution in [-0.4, -0.2) is 73.3 Å². The number of carbonyl (C=O) groups excluding carboxylic acids is 1. The van der Waals surface area contributed by atoms with Crippen molar-refractivity contribution in [2.24, 2.45) is 5.92 Å². The van der Waals surface area contributed by atoms with E-state index in [1.807, 2.05) is 0 Å². The third-order valence-corrected chi connectivity index (χ3v) is 7.06. The molecule has 0 aromatic carbocycles. The highest BCUT2D eigenvalue weighted by Crippen LogP contribution is 2.28. The van der Waals surface area contributed by atoms with Crippen LogP contribution in [0.5, 0.6) is 0 Å². The van der Waals surface area contributed by atoms with Crippen molar-refractivity contribution in [1.29, 1.82) is 0 Å². The van der Waals surface area contributed by atoms with E-state index in [4.69, 9.17) is 14.7 Å². The summed E-state index contributed by atoms with van der Waals surface area (Å²) in [5.74, 6) is 2.77. The zero-order valence-electron chi connectivity index (χ0n) is 20.8. The van der Waals surface area contributed by atoms with Crippen LogP contribution in [0.3, 0.4) is 0 Å². The number of nitrogens with zero attached hydrogens (tertiary/aromatic N) is 4. The Balaban J connectivity index is 1.56. The van der Waals surface area contributed by atoms with E-state index in [-0.39, 0.29) is 5.41 Å². The lowest BCUT2D eigenvalue weighted by Crippen LogP contribution is -2.52. The van der Waals surface area contributed by atoms with E-state index in [9.17, 15) is 4.79 Å². The van der Waals surface area contributed by atoms with Crippen molar-refractivity contribution < 1.29 is 9.53 Å². The van der Waals surface area contributed by atoms with Gasteiger partial charge in [-0.1, -0.05) is 20.8 Å². The first-order valence-electron chi connectivity index (χ1n) is 12.4. The second-order valence-electron chi connectivity index (χ2n) is 10.7. The molecule has 3 rings (SSSR count). The van der Waals surface area contributed by atoms with Gasteiger partial charge >= 0.3 is 0 Å². The average Bonchev–Trinajstić information content (AvgIpc) is 2.77. The molecule has 2 fully saturated rings. The van der Waals surface area contributed by atoms with Crippen molar-refractivity contribution in [2.45, 2.75) is 83.7 Å². The molecule has 1 amide bonds. The smallest absolute Gasteiger partial charge is 0.207 e. The summed E-state index contributed by atoms with van der Waals surface area (Å²) >= 11 is 0. The van der Waals surface area contributed by atoms with Crippen LogP contribution in [0.25, 0.3) is 0 Å². The van der Waals surface area contributed by atoms with Gasteiger partial charge in [-0.15, -0.1) is 0 Å². The van der Waals surface area contributed by atoms with Crippen molar-refractivity contribution >= 4 is 12.2 Å². The lowest BCUT2D eigenvalue weighted by molar-refractivity contribution is -0.110. The van der Waals surface area contributed by atoms with Crippen LogP contribution >= 0.6 is 0 Å². The number of ether oxygens (including phenoxy) is 1. The Bertz CT molecular complexity index is 728. The monoisotopic (exact) mass is 445 g/mol. The maximum absolute atomic E-state index is 10.6. The van der Waals surface area contributed by atoms with Crippen LogP contribution in [0.4, 0.5) is 5.82 Å². The van der Waals surface area contributed by atoms with Gasteiger partial charge in [0.15, 0.2) is 0 Å². The molecule has 7 heteroatoms. The minimum atomic E-state index is -0.0779. The molecule has 7 nitrogen and oxygen atoms in total. The Kier molecular flexibility index (Phi) is 8.88. The molecule has 1 aliphatic heterocycles. The quantitative estimate of drug-likeness (QED) is 0.589. The molecule has 2 aliphatic rings. The van der Waals surface area contributed by atoms with Crippen molar-refractivity contribution in [3.05, 3.63) is 17.6 Å². The Morgan fingerprint density at radius 2 is 1.94 bits per heavy atom. The summed E-state index contributed by atoms with van der Waals surface area (Å²) in [5, 5.41) is 2.95. The summed E-state index contributed by atoms with van der Waals surface area (Å²) in [6.45, 7) is 13.8. The van der Waals surface area contributed by atoms with Gasteiger partial charge in [-0.05, 0) is 51.5 Å². The fourth-order valence-electron chi connectivity index (χ4n) is 4.91. The van der Waals surface area contributed by atoms with Gasteiger partial charge < -0.3 is 15.0 Å². The van der Waals surface area contributed by atoms with Crippen molar-refractivity contribution in [3.63, 3.8) is 0 Å². The molecule has 1 saturated carbocycles. The first-order valence-corrected chi connectivity index (χ1v) is 12.4.